The number of carbonyl (C=O) groups excluding carboxylic acids is 4. The molecule has 0 spiro atoms. The van der Waals surface area contributed by atoms with Gasteiger partial charge in [0, 0.05) is 38.3 Å². The maximum absolute atomic E-state index is 13.1. The average Bonchev–Trinajstić information content (AvgIpc) is 3.63. The quantitative estimate of drug-likeness (QED) is 0.404. The third kappa shape index (κ3) is 3.94. The van der Waals surface area contributed by atoms with Crippen LogP contribution in [-0.2, 0) is 22.7 Å². The Labute approximate surface area is 211 Å². The maximum Gasteiger partial charge on any atom is 0.276 e. The summed E-state index contributed by atoms with van der Waals surface area (Å²) in [6, 6.07) is 12.5. The van der Waals surface area contributed by atoms with E-state index in [9.17, 15) is 19.2 Å². The van der Waals surface area contributed by atoms with Crippen molar-refractivity contribution in [3.63, 3.8) is 0 Å². The minimum atomic E-state index is -0.677. The first-order valence-corrected chi connectivity index (χ1v) is 11.9. The zero-order chi connectivity index (χ0) is 25.7. The molecule has 6 rings (SSSR count). The number of nitrogens with zero attached hydrogens (tertiary/aromatic N) is 5. The van der Waals surface area contributed by atoms with Crippen LogP contribution in [0.5, 0.6) is 0 Å². The van der Waals surface area contributed by atoms with Crippen molar-refractivity contribution in [1.82, 2.24) is 35.1 Å². The molecule has 2 aliphatic rings. The number of aromatic amines is 1. The van der Waals surface area contributed by atoms with Crippen LogP contribution in [0.2, 0.25) is 0 Å². The summed E-state index contributed by atoms with van der Waals surface area (Å²) in [4.78, 5) is 56.0. The monoisotopic (exact) mass is 497 g/mol. The van der Waals surface area contributed by atoms with Gasteiger partial charge in [0.1, 0.15) is 6.04 Å². The fraction of sp³-hybridized carbons (Fsp3) is 0.231. The van der Waals surface area contributed by atoms with E-state index in [-0.39, 0.29) is 36.4 Å². The molecule has 186 valence electrons. The lowest BCUT2D eigenvalue weighted by atomic mass is 10.0. The molecule has 11 nitrogen and oxygen atoms in total. The van der Waals surface area contributed by atoms with Gasteiger partial charge in [0.05, 0.1) is 17.4 Å². The highest BCUT2D eigenvalue weighted by Gasteiger charge is 2.39. The summed E-state index contributed by atoms with van der Waals surface area (Å²) >= 11 is 0. The van der Waals surface area contributed by atoms with Crippen molar-refractivity contribution < 1.29 is 19.2 Å². The molecule has 2 aliphatic heterocycles. The largest absolute Gasteiger partial charge is 0.361 e. The third-order valence-corrected chi connectivity index (χ3v) is 6.91. The number of H-pyrrole nitrogens is 1. The Bertz CT molecular complexity index is 1590. The zero-order valence-corrected chi connectivity index (χ0v) is 20.0. The Balaban J connectivity index is 1.18. The molecule has 0 saturated carbocycles. The lowest BCUT2D eigenvalue weighted by Gasteiger charge is -2.29. The second-order valence-electron chi connectivity index (χ2n) is 9.31. The minimum Gasteiger partial charge on any atom is -0.361 e. The van der Waals surface area contributed by atoms with Crippen LogP contribution in [0.15, 0.2) is 54.9 Å². The molecule has 2 aromatic heterocycles. The Kier molecular flexibility index (Phi) is 5.32. The maximum atomic E-state index is 13.1. The van der Waals surface area contributed by atoms with Crippen LogP contribution in [0.4, 0.5) is 0 Å². The third-order valence-electron chi connectivity index (χ3n) is 6.91. The molecule has 37 heavy (non-hydrogen) atoms. The molecule has 11 heteroatoms. The summed E-state index contributed by atoms with van der Waals surface area (Å²) in [6.07, 6.45) is 3.93. The van der Waals surface area contributed by atoms with Crippen molar-refractivity contribution in [2.75, 3.05) is 7.05 Å². The fourth-order valence-electron chi connectivity index (χ4n) is 5.00. The Morgan fingerprint density at radius 2 is 2.03 bits per heavy atom. The van der Waals surface area contributed by atoms with E-state index in [0.29, 0.717) is 24.2 Å². The number of carbonyl (C=O) groups is 4. The van der Waals surface area contributed by atoms with Gasteiger partial charge in [-0.15, -0.1) is 5.10 Å². The number of imide groups is 1. The van der Waals surface area contributed by atoms with Gasteiger partial charge in [0.25, 0.3) is 11.8 Å². The molecule has 0 aliphatic carbocycles. The fourth-order valence-corrected chi connectivity index (χ4v) is 5.00. The van der Waals surface area contributed by atoms with E-state index in [0.717, 1.165) is 22.0 Å². The molecule has 4 aromatic rings. The van der Waals surface area contributed by atoms with Crippen molar-refractivity contribution in [3.05, 3.63) is 77.2 Å². The summed E-state index contributed by atoms with van der Waals surface area (Å²) in [6.45, 7) is 0.655. The van der Waals surface area contributed by atoms with Gasteiger partial charge in [0.15, 0.2) is 5.69 Å². The molecule has 4 amide bonds. The first kappa shape index (κ1) is 22.7. The molecule has 4 heterocycles. The van der Waals surface area contributed by atoms with Crippen molar-refractivity contribution >= 4 is 34.5 Å². The van der Waals surface area contributed by atoms with Crippen LogP contribution >= 0.6 is 0 Å². The van der Waals surface area contributed by atoms with E-state index in [2.05, 4.69) is 20.6 Å². The number of amides is 4. The van der Waals surface area contributed by atoms with Crippen molar-refractivity contribution in [2.45, 2.75) is 32.0 Å². The number of piperidine rings is 1. The Morgan fingerprint density at radius 1 is 1.16 bits per heavy atom. The summed E-state index contributed by atoms with van der Waals surface area (Å²) in [5.41, 5.74) is 4.07. The highest BCUT2D eigenvalue weighted by Crippen LogP contribution is 2.29. The smallest absolute Gasteiger partial charge is 0.276 e. The molecular formula is C26H23N7O4. The van der Waals surface area contributed by atoms with Gasteiger partial charge >= 0.3 is 0 Å². The molecular weight excluding hydrogens is 474 g/mol. The molecule has 2 N–H and O–H groups in total. The molecule has 1 unspecified atom stereocenters. The second-order valence-corrected chi connectivity index (χ2v) is 9.31. The molecule has 0 radical (unpaired) electrons. The molecule has 1 saturated heterocycles. The van der Waals surface area contributed by atoms with Crippen LogP contribution in [0.1, 0.15) is 44.8 Å². The normalized spacial score (nSPS) is 17.3. The first-order chi connectivity index (χ1) is 17.9. The number of rotatable bonds is 5. The van der Waals surface area contributed by atoms with Gasteiger partial charge in [-0.25, -0.2) is 4.68 Å². The van der Waals surface area contributed by atoms with Gasteiger partial charge < -0.3 is 14.8 Å². The van der Waals surface area contributed by atoms with Gasteiger partial charge in [-0.1, -0.05) is 23.4 Å². The first-order valence-electron chi connectivity index (χ1n) is 11.9. The predicted molar refractivity (Wildman–Crippen MR) is 132 cm³/mol. The number of hydrogen-bond donors (Lipinski definition) is 2. The summed E-state index contributed by atoms with van der Waals surface area (Å²) in [7, 11) is 1.72. The number of para-hydroxylation sites is 1. The number of fused-ring (bicyclic) bond motifs is 2. The van der Waals surface area contributed by atoms with E-state index in [1.54, 1.807) is 36.3 Å². The van der Waals surface area contributed by atoms with Crippen molar-refractivity contribution in [1.29, 1.82) is 0 Å². The lowest BCUT2D eigenvalue weighted by molar-refractivity contribution is -0.136. The van der Waals surface area contributed by atoms with Crippen LogP contribution in [-0.4, -0.2) is 66.5 Å². The van der Waals surface area contributed by atoms with Crippen LogP contribution in [0.25, 0.3) is 16.6 Å². The standard InChI is InChI=1S/C26H23N7O4/c1-31(12-16-4-2-3-15-9-10-27-23(15)16)26(37)20-14-33(30-29-20)18-5-6-19-17(11-18)13-32(25(19)36)21-7-8-22(34)28-24(21)35/h2-6,9-11,14,21,27H,7-8,12-13H2,1H3,(H,28,34,35). The number of aromatic nitrogens is 4. The summed E-state index contributed by atoms with van der Waals surface area (Å²) in [5, 5.41) is 11.6. The Hall–Kier alpha value is -4.80. The van der Waals surface area contributed by atoms with E-state index < -0.39 is 11.9 Å². The molecule has 1 fully saturated rings. The van der Waals surface area contributed by atoms with Gasteiger partial charge in [-0.05, 0) is 47.2 Å². The van der Waals surface area contributed by atoms with Gasteiger partial charge in [-0.2, -0.15) is 0 Å². The second kappa shape index (κ2) is 8.70. The van der Waals surface area contributed by atoms with Crippen molar-refractivity contribution in [3.8, 4) is 5.69 Å². The van der Waals surface area contributed by atoms with Gasteiger partial charge in [-0.3, -0.25) is 24.5 Å². The van der Waals surface area contributed by atoms with Crippen LogP contribution in [0, 0.1) is 0 Å². The highest BCUT2D eigenvalue weighted by atomic mass is 16.2. The topological polar surface area (TPSA) is 133 Å². The van der Waals surface area contributed by atoms with E-state index in [1.807, 2.05) is 30.5 Å². The zero-order valence-electron chi connectivity index (χ0n) is 20.0. The van der Waals surface area contributed by atoms with Gasteiger partial charge in [0.2, 0.25) is 11.8 Å². The predicted octanol–water partition coefficient (Wildman–Crippen LogP) is 1.78. The molecule has 1 atom stereocenters. The van der Waals surface area contributed by atoms with Crippen LogP contribution < -0.4 is 5.32 Å². The van der Waals surface area contributed by atoms with Crippen molar-refractivity contribution in [2.24, 2.45) is 0 Å². The summed E-state index contributed by atoms with van der Waals surface area (Å²) in [5.74, 6) is -1.29. The number of hydrogen-bond acceptors (Lipinski definition) is 6. The Morgan fingerprint density at radius 3 is 2.86 bits per heavy atom. The highest BCUT2D eigenvalue weighted by molar-refractivity contribution is 6.05. The molecule has 2 aromatic carbocycles. The van der Waals surface area contributed by atoms with E-state index >= 15 is 0 Å². The van der Waals surface area contributed by atoms with E-state index in [1.165, 1.54) is 9.58 Å². The minimum absolute atomic E-state index is 0.197. The number of nitrogens with one attached hydrogen (secondary N) is 2. The average molecular weight is 498 g/mol. The summed E-state index contributed by atoms with van der Waals surface area (Å²) < 4.78 is 1.49. The number of benzene rings is 2. The molecule has 0 bridgehead atoms. The van der Waals surface area contributed by atoms with Crippen LogP contribution in [0.3, 0.4) is 0 Å². The SMILES string of the molecule is CN(Cc1cccc2cc[nH]c12)C(=O)c1cn(-c2ccc3c(c2)CN(C2CCC(=O)NC2=O)C3=O)nn1. The lowest BCUT2D eigenvalue weighted by Crippen LogP contribution is -2.52. The van der Waals surface area contributed by atoms with E-state index in [4.69, 9.17) is 0 Å².